The predicted octanol–water partition coefficient (Wildman–Crippen LogP) is 9.55. The standard InChI is InChI=1S/C36H47N/c1-32(2,3)26-17-16-25-29(30(26)33(4,5)6)24-15-14-23-21-28(24)36(25,11)19-18-34(7,8)31-27(13-12-20-37-31)35(9,10)22-23/h12-17,20-21H,18-19,22H2,1-11H3. The normalized spacial score (nSPS) is 22.1. The van der Waals surface area contributed by atoms with Crippen LogP contribution >= 0.6 is 0 Å². The maximum atomic E-state index is 5.02. The number of benzene rings is 2. The van der Waals surface area contributed by atoms with Gasteiger partial charge in [0.25, 0.3) is 0 Å². The summed E-state index contributed by atoms with van der Waals surface area (Å²) in [6.45, 7) is 26.4. The smallest absolute Gasteiger partial charge is 0.0497 e. The van der Waals surface area contributed by atoms with Crippen molar-refractivity contribution in [2.24, 2.45) is 0 Å². The van der Waals surface area contributed by atoms with Crippen molar-refractivity contribution in [3.8, 4) is 11.1 Å². The van der Waals surface area contributed by atoms with Crippen LogP contribution in [0.5, 0.6) is 0 Å². The Labute approximate surface area is 226 Å². The molecule has 0 saturated heterocycles. The fraction of sp³-hybridized carbons (Fsp3) is 0.528. The molecule has 3 aromatic rings. The van der Waals surface area contributed by atoms with E-state index in [1.807, 2.05) is 6.20 Å². The number of hydrogen-bond donors (Lipinski definition) is 0. The first-order valence-electron chi connectivity index (χ1n) is 14.3. The Hall–Kier alpha value is -2.41. The number of nitrogens with zero attached hydrogens (tertiary/aromatic N) is 1. The number of hydrogen-bond acceptors (Lipinski definition) is 1. The van der Waals surface area contributed by atoms with Crippen molar-refractivity contribution in [3.05, 3.63) is 87.7 Å². The molecule has 5 rings (SSSR count). The zero-order chi connectivity index (χ0) is 27.2. The molecule has 0 saturated carbocycles. The van der Waals surface area contributed by atoms with Crippen LogP contribution in [-0.2, 0) is 33.5 Å². The molecule has 2 aromatic carbocycles. The molecule has 196 valence electrons. The lowest BCUT2D eigenvalue weighted by Gasteiger charge is -2.36. The molecule has 1 heteroatoms. The van der Waals surface area contributed by atoms with Gasteiger partial charge in [0.05, 0.1) is 0 Å². The Morgan fingerprint density at radius 3 is 2.05 bits per heavy atom. The summed E-state index contributed by atoms with van der Waals surface area (Å²) < 4.78 is 0. The monoisotopic (exact) mass is 493 g/mol. The van der Waals surface area contributed by atoms with Gasteiger partial charge >= 0.3 is 0 Å². The average molecular weight is 494 g/mol. The van der Waals surface area contributed by atoms with Crippen molar-refractivity contribution < 1.29 is 0 Å². The van der Waals surface area contributed by atoms with Crippen LogP contribution in [0.2, 0.25) is 0 Å². The van der Waals surface area contributed by atoms with Gasteiger partial charge in [0.1, 0.15) is 0 Å². The fourth-order valence-corrected chi connectivity index (χ4v) is 7.31. The molecule has 1 heterocycles. The largest absolute Gasteiger partial charge is 0.260 e. The first kappa shape index (κ1) is 26.2. The van der Waals surface area contributed by atoms with Gasteiger partial charge in [-0.2, -0.15) is 0 Å². The van der Waals surface area contributed by atoms with E-state index in [0.29, 0.717) is 0 Å². The summed E-state index contributed by atoms with van der Waals surface area (Å²) >= 11 is 0. The van der Waals surface area contributed by atoms with Crippen LogP contribution < -0.4 is 0 Å². The molecule has 1 atom stereocenters. The topological polar surface area (TPSA) is 12.9 Å². The molecule has 0 aliphatic heterocycles. The maximum absolute atomic E-state index is 5.02. The minimum atomic E-state index is -0.0161. The van der Waals surface area contributed by atoms with Gasteiger partial charge in [0, 0.05) is 22.7 Å². The third-order valence-corrected chi connectivity index (χ3v) is 9.38. The highest BCUT2D eigenvalue weighted by Gasteiger charge is 2.45. The van der Waals surface area contributed by atoms with Crippen molar-refractivity contribution in [1.29, 1.82) is 0 Å². The third-order valence-electron chi connectivity index (χ3n) is 9.38. The van der Waals surface area contributed by atoms with Crippen molar-refractivity contribution in [2.75, 3.05) is 0 Å². The predicted molar refractivity (Wildman–Crippen MR) is 159 cm³/mol. The first-order chi connectivity index (χ1) is 17.0. The SMILES string of the molecule is CC(C)(C)c1ccc2c(c1C(C)(C)C)-c1ccc3cc1C2(C)CCC(C)(C)c1ncccc1C(C)(C)C3. The van der Waals surface area contributed by atoms with Crippen LogP contribution in [0, 0.1) is 0 Å². The van der Waals surface area contributed by atoms with Gasteiger partial charge < -0.3 is 0 Å². The number of fused-ring (bicyclic) bond motifs is 5. The van der Waals surface area contributed by atoms with Gasteiger partial charge in [-0.25, -0.2) is 0 Å². The number of pyridine rings is 1. The molecule has 2 aliphatic carbocycles. The molecular weight excluding hydrogens is 446 g/mol. The molecule has 2 bridgehead atoms. The summed E-state index contributed by atoms with van der Waals surface area (Å²) in [5, 5.41) is 0. The Morgan fingerprint density at radius 2 is 1.41 bits per heavy atom. The lowest BCUT2D eigenvalue weighted by molar-refractivity contribution is 0.380. The van der Waals surface area contributed by atoms with E-state index in [9.17, 15) is 0 Å². The van der Waals surface area contributed by atoms with Gasteiger partial charge in [0.15, 0.2) is 0 Å². The van der Waals surface area contributed by atoms with Crippen molar-refractivity contribution in [2.45, 2.75) is 122 Å². The summed E-state index contributed by atoms with van der Waals surface area (Å²) in [6, 6.07) is 16.8. The fourth-order valence-electron chi connectivity index (χ4n) is 7.31. The van der Waals surface area contributed by atoms with Crippen molar-refractivity contribution >= 4 is 0 Å². The highest BCUT2D eigenvalue weighted by atomic mass is 14.7. The summed E-state index contributed by atoms with van der Waals surface area (Å²) in [5.41, 5.74) is 13.3. The van der Waals surface area contributed by atoms with E-state index in [4.69, 9.17) is 4.98 Å². The van der Waals surface area contributed by atoms with Crippen LogP contribution in [0.25, 0.3) is 11.1 Å². The lowest BCUT2D eigenvalue weighted by Crippen LogP contribution is -2.30. The van der Waals surface area contributed by atoms with Crippen LogP contribution in [0.15, 0.2) is 48.7 Å². The van der Waals surface area contributed by atoms with E-state index < -0.39 is 0 Å². The summed E-state index contributed by atoms with van der Waals surface area (Å²) in [7, 11) is 0. The van der Waals surface area contributed by atoms with E-state index >= 15 is 0 Å². The van der Waals surface area contributed by atoms with Crippen molar-refractivity contribution in [3.63, 3.8) is 0 Å². The van der Waals surface area contributed by atoms with E-state index in [0.717, 1.165) is 19.3 Å². The van der Waals surface area contributed by atoms with Crippen LogP contribution in [0.4, 0.5) is 0 Å². The Bertz CT molecular complexity index is 1370. The Kier molecular flexibility index (Phi) is 5.70. The van der Waals surface area contributed by atoms with E-state index in [1.54, 1.807) is 0 Å². The second-order valence-electron chi connectivity index (χ2n) is 15.5. The van der Waals surface area contributed by atoms with E-state index in [1.165, 1.54) is 50.2 Å². The molecular formula is C36H47N. The van der Waals surface area contributed by atoms with E-state index in [-0.39, 0.29) is 27.1 Å². The van der Waals surface area contributed by atoms with Gasteiger partial charge in [-0.3, -0.25) is 4.98 Å². The van der Waals surface area contributed by atoms with Gasteiger partial charge in [0.2, 0.25) is 0 Å². The van der Waals surface area contributed by atoms with Gasteiger partial charge in [-0.05, 0) is 86.1 Å². The molecule has 1 nitrogen and oxygen atoms in total. The van der Waals surface area contributed by atoms with Gasteiger partial charge in [-0.1, -0.05) is 113 Å². The van der Waals surface area contributed by atoms with Gasteiger partial charge in [-0.15, -0.1) is 0 Å². The highest BCUT2D eigenvalue weighted by molar-refractivity contribution is 5.85. The molecule has 0 spiro atoms. The van der Waals surface area contributed by atoms with E-state index in [2.05, 4.69) is 119 Å². The Balaban J connectivity index is 1.82. The molecule has 37 heavy (non-hydrogen) atoms. The summed E-state index contributed by atoms with van der Waals surface area (Å²) in [5.74, 6) is 0. The van der Waals surface area contributed by atoms with Crippen molar-refractivity contribution in [1.82, 2.24) is 4.98 Å². The summed E-state index contributed by atoms with van der Waals surface area (Å²) in [4.78, 5) is 5.02. The van der Waals surface area contributed by atoms with Crippen LogP contribution in [-0.4, -0.2) is 4.98 Å². The van der Waals surface area contributed by atoms with Crippen LogP contribution in [0.1, 0.15) is 128 Å². The lowest BCUT2D eigenvalue weighted by atomic mass is 9.68. The second-order valence-corrected chi connectivity index (χ2v) is 15.5. The molecule has 0 fully saturated rings. The zero-order valence-corrected chi connectivity index (χ0v) is 25.2. The van der Waals surface area contributed by atoms with Crippen LogP contribution in [0.3, 0.4) is 0 Å². The summed E-state index contributed by atoms with van der Waals surface area (Å²) in [6.07, 6.45) is 5.21. The molecule has 2 aliphatic rings. The average Bonchev–Trinajstić information content (AvgIpc) is 3.03. The highest BCUT2D eigenvalue weighted by Crippen LogP contribution is 2.57. The third kappa shape index (κ3) is 4.08. The minimum Gasteiger partial charge on any atom is -0.260 e. The quantitative estimate of drug-likeness (QED) is 0.304. The molecule has 0 radical (unpaired) electrons. The zero-order valence-electron chi connectivity index (χ0n) is 25.2. The molecule has 0 amide bonds. The second kappa shape index (κ2) is 8.05. The molecule has 1 aromatic heterocycles. The molecule has 1 unspecified atom stereocenters. The first-order valence-corrected chi connectivity index (χ1v) is 14.3. The molecule has 0 N–H and O–H groups in total. The minimum absolute atomic E-state index is 0.00487. The number of rotatable bonds is 0. The Morgan fingerprint density at radius 1 is 0.703 bits per heavy atom. The number of aromatic nitrogens is 1. The maximum Gasteiger partial charge on any atom is 0.0497 e.